The van der Waals surface area contributed by atoms with Gasteiger partial charge in [-0.15, -0.1) is 0 Å². The van der Waals surface area contributed by atoms with E-state index >= 15 is 0 Å². The molecule has 10 rings (SSSR count). The molecule has 0 amide bonds. The van der Waals surface area contributed by atoms with Gasteiger partial charge in [0.2, 0.25) is 0 Å². The Kier molecular flexibility index (Phi) is 11.0. The highest BCUT2D eigenvalue weighted by Gasteiger charge is 2.43. The van der Waals surface area contributed by atoms with Crippen LogP contribution in [-0.2, 0) is 0 Å². The van der Waals surface area contributed by atoms with Crippen LogP contribution >= 0.6 is 0 Å². The average molecular weight is 842 g/mol. The maximum absolute atomic E-state index is 5.56. The van der Waals surface area contributed by atoms with Crippen LogP contribution in [-0.4, -0.2) is 27.8 Å². The SMILES string of the molecule is Cc1ccccc1C1=NC(c2cccc([Si](c3ccccc3)(c3ccccc3)c3ccccc3)c2)N=C(c2cccc([Si](c3ccccc3)(c3ccccc3)c3ccccc3)c2)N1. The van der Waals surface area contributed by atoms with Crippen LogP contribution in [0.2, 0.25) is 0 Å². The van der Waals surface area contributed by atoms with Crippen LogP contribution in [0.1, 0.15) is 28.4 Å². The molecule has 0 saturated heterocycles. The molecule has 302 valence electrons. The van der Waals surface area contributed by atoms with Crippen molar-refractivity contribution in [3.8, 4) is 0 Å². The predicted octanol–water partition coefficient (Wildman–Crippen LogP) is 7.25. The van der Waals surface area contributed by atoms with Gasteiger partial charge in [-0.2, -0.15) is 0 Å². The Morgan fingerprint density at radius 3 is 1.11 bits per heavy atom. The molecule has 0 aromatic heterocycles. The minimum absolute atomic E-state index is 0.493. The molecule has 0 bridgehead atoms. The van der Waals surface area contributed by atoms with Crippen molar-refractivity contribution in [3.63, 3.8) is 0 Å². The van der Waals surface area contributed by atoms with E-state index in [1.807, 2.05) is 0 Å². The number of aliphatic imine (C=N–C) groups is 2. The number of amidine groups is 2. The molecular formula is C58H47N3Si2. The van der Waals surface area contributed by atoms with E-state index < -0.39 is 22.3 Å². The van der Waals surface area contributed by atoms with Gasteiger partial charge in [-0.3, -0.25) is 0 Å². The third-order valence-electron chi connectivity index (χ3n) is 12.6. The minimum Gasteiger partial charge on any atom is -0.324 e. The van der Waals surface area contributed by atoms with Crippen LogP contribution in [0.3, 0.4) is 0 Å². The molecule has 0 radical (unpaired) electrons. The van der Waals surface area contributed by atoms with Crippen molar-refractivity contribution >= 4 is 69.3 Å². The molecule has 1 atom stereocenters. The summed E-state index contributed by atoms with van der Waals surface area (Å²) in [5.41, 5.74) is 4.29. The zero-order valence-electron chi connectivity index (χ0n) is 35.2. The van der Waals surface area contributed by atoms with Crippen molar-refractivity contribution in [1.29, 1.82) is 0 Å². The van der Waals surface area contributed by atoms with Crippen molar-refractivity contribution in [2.24, 2.45) is 9.98 Å². The van der Waals surface area contributed by atoms with E-state index in [1.54, 1.807) is 0 Å². The first-order valence-corrected chi connectivity index (χ1v) is 25.7. The fourth-order valence-corrected chi connectivity index (χ4v) is 19.3. The lowest BCUT2D eigenvalue weighted by Crippen LogP contribution is -2.74. The highest BCUT2D eigenvalue weighted by Crippen LogP contribution is 2.26. The second kappa shape index (κ2) is 17.5. The highest BCUT2D eigenvalue weighted by molar-refractivity contribution is 7.20. The molecule has 1 aliphatic rings. The van der Waals surface area contributed by atoms with Crippen LogP contribution in [0.5, 0.6) is 0 Å². The predicted molar refractivity (Wildman–Crippen MR) is 270 cm³/mol. The Morgan fingerprint density at radius 1 is 0.333 bits per heavy atom. The molecule has 9 aromatic rings. The molecule has 1 heterocycles. The molecule has 0 saturated carbocycles. The Labute approximate surface area is 372 Å². The van der Waals surface area contributed by atoms with E-state index in [4.69, 9.17) is 9.98 Å². The fourth-order valence-electron chi connectivity index (χ4n) is 9.68. The molecular weight excluding hydrogens is 795 g/mol. The molecule has 0 spiro atoms. The minimum atomic E-state index is -2.80. The normalized spacial score (nSPS) is 14.0. The van der Waals surface area contributed by atoms with Gasteiger partial charge in [-0.1, -0.05) is 255 Å². The van der Waals surface area contributed by atoms with Crippen LogP contribution in [0.25, 0.3) is 0 Å². The molecule has 5 heteroatoms. The van der Waals surface area contributed by atoms with Crippen LogP contribution < -0.4 is 46.8 Å². The number of hydrogen-bond donors (Lipinski definition) is 1. The highest BCUT2D eigenvalue weighted by atomic mass is 28.3. The van der Waals surface area contributed by atoms with Gasteiger partial charge in [0, 0.05) is 11.1 Å². The summed E-state index contributed by atoms with van der Waals surface area (Å²) in [6, 6.07) is 93.2. The van der Waals surface area contributed by atoms with Crippen molar-refractivity contribution in [1.82, 2.24) is 5.32 Å². The number of nitrogens with one attached hydrogen (secondary N) is 1. The largest absolute Gasteiger partial charge is 0.324 e. The molecule has 0 aliphatic carbocycles. The number of rotatable bonds is 11. The standard InChI is InChI=1S/C58H47N3Si2/c1-44-24-20-21-41-55(44)58-60-56(45-25-22-39-53(42-45)62(47-27-8-2-9-28-47,48-29-10-3-11-30-48)49-31-12-4-13-32-49)59-57(61-58)46-26-23-40-54(43-46)63(50-33-14-5-15-34-50,51-35-16-6-17-36-51)52-37-18-7-19-38-52/h2-43,56H,1H3,(H,59,60,61). The second-order valence-corrected chi connectivity index (χ2v) is 23.8. The van der Waals surface area contributed by atoms with Gasteiger partial charge < -0.3 is 5.32 Å². The number of nitrogens with zero attached hydrogens (tertiary/aromatic N) is 2. The maximum Gasteiger partial charge on any atom is 0.179 e. The third-order valence-corrected chi connectivity index (χ3v) is 22.1. The summed E-state index contributed by atoms with van der Waals surface area (Å²) < 4.78 is 0. The quantitative estimate of drug-likeness (QED) is 0.108. The average Bonchev–Trinajstić information content (AvgIpc) is 3.37. The van der Waals surface area contributed by atoms with Crippen molar-refractivity contribution in [2.45, 2.75) is 13.1 Å². The number of benzene rings is 9. The summed E-state index contributed by atoms with van der Waals surface area (Å²) >= 11 is 0. The zero-order valence-corrected chi connectivity index (χ0v) is 37.2. The van der Waals surface area contributed by atoms with Crippen LogP contribution in [0, 0.1) is 6.92 Å². The zero-order chi connectivity index (χ0) is 42.5. The topological polar surface area (TPSA) is 36.8 Å². The molecule has 3 nitrogen and oxygen atoms in total. The van der Waals surface area contributed by atoms with E-state index in [0.717, 1.165) is 33.9 Å². The van der Waals surface area contributed by atoms with E-state index in [0.29, 0.717) is 0 Å². The molecule has 9 aromatic carbocycles. The van der Waals surface area contributed by atoms with E-state index in [-0.39, 0.29) is 0 Å². The van der Waals surface area contributed by atoms with Crippen molar-refractivity contribution < 1.29 is 0 Å². The maximum atomic E-state index is 5.56. The Morgan fingerprint density at radius 2 is 0.683 bits per heavy atom. The number of aryl methyl sites for hydroxylation is 1. The van der Waals surface area contributed by atoms with Gasteiger partial charge in [0.1, 0.15) is 11.7 Å². The van der Waals surface area contributed by atoms with Gasteiger partial charge >= 0.3 is 0 Å². The molecule has 1 aliphatic heterocycles. The Bertz CT molecular complexity index is 2840. The van der Waals surface area contributed by atoms with Crippen LogP contribution in [0.4, 0.5) is 0 Å². The molecule has 1 unspecified atom stereocenters. The molecule has 1 N–H and O–H groups in total. The Balaban J connectivity index is 1.17. The number of hydrogen-bond acceptors (Lipinski definition) is 3. The van der Waals surface area contributed by atoms with E-state index in [1.165, 1.54) is 41.5 Å². The Hall–Kier alpha value is -7.45. The summed E-state index contributed by atoms with van der Waals surface area (Å²) in [6.07, 6.45) is -0.493. The summed E-state index contributed by atoms with van der Waals surface area (Å²) in [5, 5.41) is 14.3. The van der Waals surface area contributed by atoms with Crippen LogP contribution in [0.15, 0.2) is 265 Å². The first-order valence-electron chi connectivity index (χ1n) is 21.7. The third kappa shape index (κ3) is 7.31. The lowest BCUT2D eigenvalue weighted by atomic mass is 10.1. The lowest BCUT2D eigenvalue weighted by molar-refractivity contribution is 0.756. The summed E-state index contributed by atoms with van der Waals surface area (Å²) in [7, 11) is -5.60. The fraction of sp³-hybridized carbons (Fsp3) is 0.0345. The van der Waals surface area contributed by atoms with Gasteiger partial charge in [0.25, 0.3) is 0 Å². The smallest absolute Gasteiger partial charge is 0.179 e. The van der Waals surface area contributed by atoms with Crippen molar-refractivity contribution in [2.75, 3.05) is 0 Å². The van der Waals surface area contributed by atoms with Gasteiger partial charge in [0.05, 0.1) is 0 Å². The van der Waals surface area contributed by atoms with Gasteiger partial charge in [-0.25, -0.2) is 9.98 Å². The first-order chi connectivity index (χ1) is 31.2. The van der Waals surface area contributed by atoms with Gasteiger partial charge in [-0.05, 0) is 59.5 Å². The van der Waals surface area contributed by atoms with E-state index in [9.17, 15) is 0 Å². The monoisotopic (exact) mass is 841 g/mol. The first kappa shape index (κ1) is 39.7. The summed E-state index contributed by atoms with van der Waals surface area (Å²) in [5.74, 6) is 1.62. The summed E-state index contributed by atoms with van der Waals surface area (Å²) in [6.45, 7) is 2.15. The van der Waals surface area contributed by atoms with Crippen molar-refractivity contribution in [3.05, 3.63) is 277 Å². The summed E-state index contributed by atoms with van der Waals surface area (Å²) in [4.78, 5) is 11.0. The van der Waals surface area contributed by atoms with Gasteiger partial charge in [0.15, 0.2) is 22.3 Å². The molecule has 63 heavy (non-hydrogen) atoms. The molecule has 0 fully saturated rings. The lowest BCUT2D eigenvalue weighted by Gasteiger charge is -2.35. The van der Waals surface area contributed by atoms with E-state index in [2.05, 4.69) is 267 Å². The second-order valence-electron chi connectivity index (χ2n) is 16.2.